The smallest absolute Gasteiger partial charge is 0.311 e. The summed E-state index contributed by atoms with van der Waals surface area (Å²) in [6.07, 6.45) is 0.853. The van der Waals surface area contributed by atoms with E-state index in [-0.39, 0.29) is 11.4 Å². The Balaban J connectivity index is 2.55. The molecule has 1 aromatic heterocycles. The second-order valence-corrected chi connectivity index (χ2v) is 4.17. The van der Waals surface area contributed by atoms with E-state index in [9.17, 15) is 4.79 Å². The van der Waals surface area contributed by atoms with Gasteiger partial charge in [0.05, 0.1) is 17.6 Å². The van der Waals surface area contributed by atoms with Crippen LogP contribution in [0.25, 0.3) is 11.0 Å². The van der Waals surface area contributed by atoms with E-state index in [1.165, 1.54) is 0 Å². The number of aromatic nitrogens is 2. The Hall–Kier alpha value is -1.84. The maximum Gasteiger partial charge on any atom is 0.311 e. The summed E-state index contributed by atoms with van der Waals surface area (Å²) < 4.78 is 5.31. The van der Waals surface area contributed by atoms with Gasteiger partial charge in [0.25, 0.3) is 5.88 Å². The lowest BCUT2D eigenvalue weighted by Crippen LogP contribution is -2.14. The largest absolute Gasteiger partial charge is 0.474 e. The molecule has 0 aliphatic carbocycles. The molecule has 1 aromatic carbocycles. The van der Waals surface area contributed by atoms with Crippen molar-refractivity contribution in [1.82, 2.24) is 9.97 Å². The van der Waals surface area contributed by atoms with Gasteiger partial charge in [-0.3, -0.25) is 4.79 Å². The number of aryl methyl sites for hydroxylation is 2. The summed E-state index contributed by atoms with van der Waals surface area (Å²) in [6.45, 7) is 6.53. The molecule has 2 aromatic rings. The third-order valence-electron chi connectivity index (χ3n) is 2.72. The Kier molecular flexibility index (Phi) is 3.13. The van der Waals surface area contributed by atoms with Gasteiger partial charge in [-0.1, -0.05) is 6.92 Å². The van der Waals surface area contributed by atoms with E-state index in [1.54, 1.807) is 0 Å². The third kappa shape index (κ3) is 2.30. The van der Waals surface area contributed by atoms with Crippen LogP contribution in [0.2, 0.25) is 0 Å². The number of H-pyrrole nitrogens is 1. The zero-order chi connectivity index (χ0) is 12.4. The number of nitrogens with one attached hydrogen (secondary N) is 1. The van der Waals surface area contributed by atoms with Crippen LogP contribution in [-0.2, 0) is 0 Å². The van der Waals surface area contributed by atoms with E-state index >= 15 is 0 Å². The first-order chi connectivity index (χ1) is 8.11. The highest BCUT2D eigenvalue weighted by atomic mass is 16.5. The van der Waals surface area contributed by atoms with Gasteiger partial charge < -0.3 is 9.72 Å². The predicted octanol–water partition coefficient (Wildman–Crippen LogP) is 2.33. The number of fused-ring (bicyclic) bond motifs is 1. The summed E-state index contributed by atoms with van der Waals surface area (Å²) in [5.41, 5.74) is 3.53. The lowest BCUT2D eigenvalue weighted by molar-refractivity contribution is 0.302. The molecule has 0 fully saturated rings. The van der Waals surface area contributed by atoms with E-state index in [0.29, 0.717) is 6.61 Å². The van der Waals surface area contributed by atoms with Gasteiger partial charge in [-0.2, -0.15) is 0 Å². The molecule has 0 bridgehead atoms. The SMILES string of the molecule is CCCOc1nc2cc(C)c(C)cc2[nH]c1=O. The summed E-state index contributed by atoms with van der Waals surface area (Å²) >= 11 is 0. The first kappa shape index (κ1) is 11.6. The lowest BCUT2D eigenvalue weighted by atomic mass is 10.1. The molecule has 0 aliphatic heterocycles. The average Bonchev–Trinajstić information content (AvgIpc) is 2.29. The van der Waals surface area contributed by atoms with E-state index < -0.39 is 0 Å². The zero-order valence-corrected chi connectivity index (χ0v) is 10.3. The number of aromatic amines is 1. The Morgan fingerprint density at radius 1 is 1.29 bits per heavy atom. The Morgan fingerprint density at radius 2 is 2.00 bits per heavy atom. The molecule has 1 heterocycles. The van der Waals surface area contributed by atoms with Gasteiger partial charge in [0, 0.05) is 0 Å². The fourth-order valence-corrected chi connectivity index (χ4v) is 1.63. The number of nitrogens with zero attached hydrogens (tertiary/aromatic N) is 1. The molecule has 0 atom stereocenters. The summed E-state index contributed by atoms with van der Waals surface area (Å²) in [4.78, 5) is 18.7. The van der Waals surface area contributed by atoms with Crippen LogP contribution in [0, 0.1) is 13.8 Å². The maximum atomic E-state index is 11.7. The number of ether oxygens (including phenoxy) is 1. The van der Waals surface area contributed by atoms with Crippen LogP contribution in [0.1, 0.15) is 24.5 Å². The molecule has 0 amide bonds. The quantitative estimate of drug-likeness (QED) is 0.883. The molecule has 2 rings (SSSR count). The highest BCUT2D eigenvalue weighted by Gasteiger charge is 2.06. The second kappa shape index (κ2) is 4.57. The van der Waals surface area contributed by atoms with Crippen molar-refractivity contribution in [2.24, 2.45) is 0 Å². The minimum absolute atomic E-state index is 0.155. The fraction of sp³-hybridized carbons (Fsp3) is 0.385. The first-order valence-electron chi connectivity index (χ1n) is 5.76. The minimum Gasteiger partial charge on any atom is -0.474 e. The van der Waals surface area contributed by atoms with Gasteiger partial charge in [-0.15, -0.1) is 0 Å². The van der Waals surface area contributed by atoms with E-state index in [0.717, 1.165) is 28.6 Å². The highest BCUT2D eigenvalue weighted by Crippen LogP contribution is 2.16. The van der Waals surface area contributed by atoms with Gasteiger partial charge in [0.15, 0.2) is 0 Å². The van der Waals surface area contributed by atoms with E-state index in [4.69, 9.17) is 4.74 Å². The summed E-state index contributed by atoms with van der Waals surface area (Å²) in [5.74, 6) is 0.155. The van der Waals surface area contributed by atoms with Crippen LogP contribution in [0.3, 0.4) is 0 Å². The summed E-state index contributed by atoms with van der Waals surface area (Å²) in [5, 5.41) is 0. The maximum absolute atomic E-state index is 11.7. The highest BCUT2D eigenvalue weighted by molar-refractivity contribution is 5.76. The predicted molar refractivity (Wildman–Crippen MR) is 67.6 cm³/mol. The molecule has 90 valence electrons. The van der Waals surface area contributed by atoms with Crippen molar-refractivity contribution in [1.29, 1.82) is 0 Å². The summed E-state index contributed by atoms with van der Waals surface area (Å²) in [7, 11) is 0. The standard InChI is InChI=1S/C13H16N2O2/c1-4-5-17-13-12(16)14-10-6-8(2)9(3)7-11(10)15-13/h6-7H,4-5H2,1-3H3,(H,14,16). The van der Waals surface area contributed by atoms with E-state index in [2.05, 4.69) is 9.97 Å². The van der Waals surface area contributed by atoms with Crippen LogP contribution in [0.5, 0.6) is 5.88 Å². The lowest BCUT2D eigenvalue weighted by Gasteiger charge is -2.06. The normalized spacial score (nSPS) is 10.8. The van der Waals surface area contributed by atoms with Crippen molar-refractivity contribution in [2.45, 2.75) is 27.2 Å². The van der Waals surface area contributed by atoms with Crippen LogP contribution in [0.4, 0.5) is 0 Å². The number of hydrogen-bond acceptors (Lipinski definition) is 3. The Labute approximate surface area is 99.7 Å². The van der Waals surface area contributed by atoms with Gasteiger partial charge in [-0.25, -0.2) is 4.98 Å². The molecule has 0 saturated carbocycles. The van der Waals surface area contributed by atoms with Crippen molar-refractivity contribution < 1.29 is 4.74 Å². The molecular formula is C13H16N2O2. The van der Waals surface area contributed by atoms with Gasteiger partial charge in [0.2, 0.25) is 0 Å². The molecule has 4 nitrogen and oxygen atoms in total. The molecule has 4 heteroatoms. The Morgan fingerprint density at radius 3 is 2.71 bits per heavy atom. The minimum atomic E-state index is -0.269. The fourth-order valence-electron chi connectivity index (χ4n) is 1.63. The van der Waals surface area contributed by atoms with Gasteiger partial charge >= 0.3 is 5.56 Å². The zero-order valence-electron chi connectivity index (χ0n) is 10.3. The number of benzene rings is 1. The molecule has 0 saturated heterocycles. The second-order valence-electron chi connectivity index (χ2n) is 4.17. The van der Waals surface area contributed by atoms with Gasteiger partial charge in [0.1, 0.15) is 0 Å². The van der Waals surface area contributed by atoms with Crippen molar-refractivity contribution >= 4 is 11.0 Å². The molecule has 0 unspecified atom stereocenters. The van der Waals surface area contributed by atoms with Crippen LogP contribution < -0.4 is 10.3 Å². The monoisotopic (exact) mass is 232 g/mol. The third-order valence-corrected chi connectivity index (χ3v) is 2.72. The molecule has 0 aliphatic rings. The molecule has 0 spiro atoms. The number of rotatable bonds is 3. The average molecular weight is 232 g/mol. The number of hydrogen-bond donors (Lipinski definition) is 1. The van der Waals surface area contributed by atoms with Crippen LogP contribution in [0.15, 0.2) is 16.9 Å². The molecule has 1 N–H and O–H groups in total. The topological polar surface area (TPSA) is 55.0 Å². The first-order valence-corrected chi connectivity index (χ1v) is 5.76. The van der Waals surface area contributed by atoms with Crippen molar-refractivity contribution in [2.75, 3.05) is 6.61 Å². The van der Waals surface area contributed by atoms with Crippen LogP contribution in [-0.4, -0.2) is 16.6 Å². The van der Waals surface area contributed by atoms with E-state index in [1.807, 2.05) is 32.9 Å². The van der Waals surface area contributed by atoms with Crippen molar-refractivity contribution in [3.05, 3.63) is 33.6 Å². The molecule has 0 radical (unpaired) electrons. The van der Waals surface area contributed by atoms with Crippen molar-refractivity contribution in [3.63, 3.8) is 0 Å². The Bertz CT molecular complexity index is 602. The van der Waals surface area contributed by atoms with Gasteiger partial charge in [-0.05, 0) is 43.5 Å². The van der Waals surface area contributed by atoms with Crippen LogP contribution >= 0.6 is 0 Å². The molecular weight excluding hydrogens is 216 g/mol. The summed E-state index contributed by atoms with van der Waals surface area (Å²) in [6, 6.07) is 3.89. The molecule has 17 heavy (non-hydrogen) atoms. The van der Waals surface area contributed by atoms with Crippen molar-refractivity contribution in [3.8, 4) is 5.88 Å².